The van der Waals surface area contributed by atoms with E-state index in [1.165, 1.54) is 18.7 Å². The maximum Gasteiger partial charge on any atom is 0.325 e. The Balaban J connectivity index is 2.33. The van der Waals surface area contributed by atoms with Gasteiger partial charge in [0.05, 0.1) is 5.75 Å². The summed E-state index contributed by atoms with van der Waals surface area (Å²) in [5.74, 6) is -1.08. The molecule has 0 bridgehead atoms. The highest BCUT2D eigenvalue weighted by Gasteiger charge is 2.13. The maximum absolute atomic E-state index is 11.3. The number of hydrogen-bond donors (Lipinski definition) is 2. The van der Waals surface area contributed by atoms with E-state index in [0.29, 0.717) is 0 Å². The molecular weight excluding hydrogens is 226 g/mol. The average molecular weight is 239 g/mol. The van der Waals surface area contributed by atoms with Gasteiger partial charge in [-0.1, -0.05) is 18.2 Å². The summed E-state index contributed by atoms with van der Waals surface area (Å²) in [4.78, 5) is 22.8. The highest BCUT2D eigenvalue weighted by Crippen LogP contribution is 2.16. The molecule has 0 aliphatic rings. The second-order valence-electron chi connectivity index (χ2n) is 3.23. The van der Waals surface area contributed by atoms with Gasteiger partial charge in [-0.2, -0.15) is 0 Å². The molecule has 16 heavy (non-hydrogen) atoms. The summed E-state index contributed by atoms with van der Waals surface area (Å²) >= 11 is 1.38. The van der Waals surface area contributed by atoms with Crippen LogP contribution in [0.3, 0.4) is 0 Å². The number of carbonyl (C=O) groups is 2. The van der Waals surface area contributed by atoms with Crippen molar-refractivity contribution in [3.05, 3.63) is 30.3 Å². The van der Waals surface area contributed by atoms with Crippen molar-refractivity contribution in [2.24, 2.45) is 0 Å². The summed E-state index contributed by atoms with van der Waals surface area (Å²) in [6.07, 6.45) is 0. The number of aliphatic carboxylic acids is 1. The Bertz CT molecular complexity index is 367. The topological polar surface area (TPSA) is 66.4 Å². The third-order valence-electron chi connectivity index (χ3n) is 1.86. The summed E-state index contributed by atoms with van der Waals surface area (Å²) in [6, 6.07) is 8.64. The Labute approximate surface area is 98.0 Å². The van der Waals surface area contributed by atoms with Gasteiger partial charge in [0.1, 0.15) is 6.04 Å². The lowest BCUT2D eigenvalue weighted by molar-refractivity contribution is -0.140. The Morgan fingerprint density at radius 1 is 1.38 bits per heavy atom. The summed E-state index contributed by atoms with van der Waals surface area (Å²) in [5, 5.41) is 11.0. The minimum atomic E-state index is -1.03. The molecule has 1 aromatic rings. The fraction of sp³-hybridized carbons (Fsp3) is 0.273. The van der Waals surface area contributed by atoms with Crippen molar-refractivity contribution in [1.82, 2.24) is 5.32 Å². The molecule has 0 spiro atoms. The molecule has 1 aromatic carbocycles. The van der Waals surface area contributed by atoms with Gasteiger partial charge in [0.2, 0.25) is 5.91 Å². The third-order valence-corrected chi connectivity index (χ3v) is 2.87. The normalized spacial score (nSPS) is 11.8. The average Bonchev–Trinajstić information content (AvgIpc) is 2.27. The van der Waals surface area contributed by atoms with Crippen LogP contribution in [0.25, 0.3) is 0 Å². The quantitative estimate of drug-likeness (QED) is 0.762. The Morgan fingerprint density at radius 2 is 2.00 bits per heavy atom. The van der Waals surface area contributed by atoms with Crippen LogP contribution in [0.15, 0.2) is 35.2 Å². The molecule has 0 aliphatic carbocycles. The van der Waals surface area contributed by atoms with Crippen LogP contribution in [0.2, 0.25) is 0 Å². The molecule has 0 aliphatic heterocycles. The number of carboxylic acid groups (broad SMARTS) is 1. The lowest BCUT2D eigenvalue weighted by Crippen LogP contribution is -2.39. The first kappa shape index (κ1) is 12.6. The van der Waals surface area contributed by atoms with Crippen molar-refractivity contribution in [3.8, 4) is 0 Å². The van der Waals surface area contributed by atoms with Crippen molar-refractivity contribution in [1.29, 1.82) is 0 Å². The lowest BCUT2D eigenvalue weighted by atomic mass is 10.3. The summed E-state index contributed by atoms with van der Waals surface area (Å²) in [5.41, 5.74) is 0. The first-order chi connectivity index (χ1) is 7.59. The molecule has 1 atom stereocenters. The third kappa shape index (κ3) is 4.35. The van der Waals surface area contributed by atoms with E-state index in [4.69, 9.17) is 5.11 Å². The van der Waals surface area contributed by atoms with Gasteiger partial charge in [0, 0.05) is 4.90 Å². The number of amides is 1. The van der Waals surface area contributed by atoms with Crippen molar-refractivity contribution in [2.45, 2.75) is 17.9 Å². The predicted molar refractivity (Wildman–Crippen MR) is 62.4 cm³/mol. The van der Waals surface area contributed by atoms with E-state index in [1.54, 1.807) is 0 Å². The second kappa shape index (κ2) is 6.17. The zero-order valence-electron chi connectivity index (χ0n) is 8.84. The van der Waals surface area contributed by atoms with E-state index in [1.807, 2.05) is 30.3 Å². The first-order valence-corrected chi connectivity index (χ1v) is 5.78. The Morgan fingerprint density at radius 3 is 2.56 bits per heavy atom. The van der Waals surface area contributed by atoms with Gasteiger partial charge in [0.15, 0.2) is 0 Å². The van der Waals surface area contributed by atoms with E-state index in [9.17, 15) is 9.59 Å². The van der Waals surface area contributed by atoms with Crippen LogP contribution in [0.4, 0.5) is 0 Å². The SMILES string of the molecule is C[C@@H](NC(=O)CSc1ccccc1)C(=O)O. The molecule has 86 valence electrons. The molecule has 1 amide bonds. The molecule has 4 nitrogen and oxygen atoms in total. The monoisotopic (exact) mass is 239 g/mol. The lowest BCUT2D eigenvalue weighted by Gasteiger charge is -2.08. The fourth-order valence-electron chi connectivity index (χ4n) is 1.01. The largest absolute Gasteiger partial charge is 0.480 e. The van der Waals surface area contributed by atoms with Crippen LogP contribution in [0.5, 0.6) is 0 Å². The van der Waals surface area contributed by atoms with E-state index in [0.717, 1.165) is 4.90 Å². The van der Waals surface area contributed by atoms with E-state index in [-0.39, 0.29) is 11.7 Å². The van der Waals surface area contributed by atoms with Gasteiger partial charge in [-0.3, -0.25) is 9.59 Å². The molecule has 0 aromatic heterocycles. The summed E-state index contributed by atoms with van der Waals surface area (Å²) < 4.78 is 0. The molecule has 0 radical (unpaired) electrons. The Hall–Kier alpha value is -1.49. The van der Waals surface area contributed by atoms with Crippen molar-refractivity contribution < 1.29 is 14.7 Å². The number of benzene rings is 1. The molecule has 5 heteroatoms. The van der Waals surface area contributed by atoms with Gasteiger partial charge >= 0.3 is 5.97 Å². The van der Waals surface area contributed by atoms with Crippen LogP contribution in [0.1, 0.15) is 6.92 Å². The maximum atomic E-state index is 11.3. The molecule has 0 heterocycles. The van der Waals surface area contributed by atoms with Gasteiger partial charge in [-0.15, -0.1) is 11.8 Å². The Kier molecular flexibility index (Phi) is 4.85. The number of carbonyl (C=O) groups excluding carboxylic acids is 1. The van der Waals surface area contributed by atoms with E-state index in [2.05, 4.69) is 5.32 Å². The van der Waals surface area contributed by atoms with Crippen LogP contribution >= 0.6 is 11.8 Å². The van der Waals surface area contributed by atoms with Crippen LogP contribution in [0, 0.1) is 0 Å². The minimum absolute atomic E-state index is 0.224. The number of thioether (sulfide) groups is 1. The van der Waals surface area contributed by atoms with Crippen LogP contribution in [-0.4, -0.2) is 28.8 Å². The number of carboxylic acids is 1. The molecule has 2 N–H and O–H groups in total. The van der Waals surface area contributed by atoms with Gasteiger partial charge in [0.25, 0.3) is 0 Å². The van der Waals surface area contributed by atoms with Gasteiger partial charge in [-0.25, -0.2) is 0 Å². The smallest absolute Gasteiger partial charge is 0.325 e. The van der Waals surface area contributed by atoms with Crippen LogP contribution in [-0.2, 0) is 9.59 Å². The molecular formula is C11H13NO3S. The fourth-order valence-corrected chi connectivity index (χ4v) is 1.74. The first-order valence-electron chi connectivity index (χ1n) is 4.79. The van der Waals surface area contributed by atoms with Crippen LogP contribution < -0.4 is 5.32 Å². The van der Waals surface area contributed by atoms with Crippen molar-refractivity contribution in [2.75, 3.05) is 5.75 Å². The molecule has 0 fully saturated rings. The minimum Gasteiger partial charge on any atom is -0.480 e. The zero-order valence-corrected chi connectivity index (χ0v) is 9.66. The molecule has 0 unspecified atom stereocenters. The highest BCUT2D eigenvalue weighted by atomic mass is 32.2. The predicted octanol–water partition coefficient (Wildman–Crippen LogP) is 1.37. The van der Waals surface area contributed by atoms with Crippen molar-refractivity contribution >= 4 is 23.6 Å². The standard InChI is InChI=1S/C11H13NO3S/c1-8(11(14)15)12-10(13)7-16-9-5-3-2-4-6-9/h2-6,8H,7H2,1H3,(H,12,13)(H,14,15)/t8-/m1/s1. The molecule has 0 saturated carbocycles. The summed E-state index contributed by atoms with van der Waals surface area (Å²) in [7, 11) is 0. The van der Waals surface area contributed by atoms with E-state index < -0.39 is 12.0 Å². The second-order valence-corrected chi connectivity index (χ2v) is 4.28. The highest BCUT2D eigenvalue weighted by molar-refractivity contribution is 8.00. The van der Waals surface area contributed by atoms with Crippen molar-refractivity contribution in [3.63, 3.8) is 0 Å². The number of hydrogen-bond acceptors (Lipinski definition) is 3. The van der Waals surface area contributed by atoms with Gasteiger partial charge in [-0.05, 0) is 19.1 Å². The molecule has 1 rings (SSSR count). The molecule has 0 saturated heterocycles. The van der Waals surface area contributed by atoms with E-state index >= 15 is 0 Å². The summed E-state index contributed by atoms with van der Waals surface area (Å²) in [6.45, 7) is 1.44. The van der Waals surface area contributed by atoms with Gasteiger partial charge < -0.3 is 10.4 Å². The number of nitrogens with one attached hydrogen (secondary N) is 1. The zero-order chi connectivity index (χ0) is 12.0. The number of rotatable bonds is 5.